The number of carbonyl (C=O) groups excluding carboxylic acids is 1. The van der Waals surface area contributed by atoms with Gasteiger partial charge in [-0.05, 0) is 12.1 Å². The van der Waals surface area contributed by atoms with Crippen LogP contribution < -0.4 is 11.1 Å². The first kappa shape index (κ1) is 12.4. The molecule has 1 atom stereocenters. The molecule has 6 heteroatoms. The van der Waals surface area contributed by atoms with Gasteiger partial charge in [0.1, 0.15) is 5.69 Å². The van der Waals surface area contributed by atoms with E-state index in [0.29, 0.717) is 5.69 Å². The Balaban J connectivity index is 2.43. The number of nitrogens with one attached hydrogen (secondary N) is 1. The number of nitrogens with two attached hydrogens (primary N) is 1. The summed E-state index contributed by atoms with van der Waals surface area (Å²) in [5, 5.41) is 11.8. The molecular formula is C10H15N3O3. The summed E-state index contributed by atoms with van der Waals surface area (Å²) in [6.45, 7) is 0.300. The van der Waals surface area contributed by atoms with Crippen molar-refractivity contribution in [3.63, 3.8) is 0 Å². The molecule has 0 aliphatic carbocycles. The lowest BCUT2D eigenvalue weighted by Crippen LogP contribution is -2.34. The SMILES string of the molecule is COCC(O)CNC(=O)c1ccc(N)cn1. The predicted molar refractivity (Wildman–Crippen MR) is 58.9 cm³/mol. The van der Waals surface area contributed by atoms with Gasteiger partial charge in [-0.2, -0.15) is 0 Å². The van der Waals surface area contributed by atoms with Crippen molar-refractivity contribution in [2.75, 3.05) is 26.0 Å². The van der Waals surface area contributed by atoms with Crippen molar-refractivity contribution in [2.24, 2.45) is 0 Å². The minimum Gasteiger partial charge on any atom is -0.397 e. The van der Waals surface area contributed by atoms with Crippen LogP contribution in [0.2, 0.25) is 0 Å². The Labute approximate surface area is 93.4 Å². The molecule has 1 aromatic heterocycles. The van der Waals surface area contributed by atoms with Crippen molar-refractivity contribution in [3.8, 4) is 0 Å². The number of hydrogen-bond donors (Lipinski definition) is 3. The molecule has 16 heavy (non-hydrogen) atoms. The van der Waals surface area contributed by atoms with Crippen molar-refractivity contribution < 1.29 is 14.6 Å². The Morgan fingerprint density at radius 3 is 3.00 bits per heavy atom. The maximum Gasteiger partial charge on any atom is 0.269 e. The van der Waals surface area contributed by atoms with Gasteiger partial charge in [0, 0.05) is 13.7 Å². The van der Waals surface area contributed by atoms with Crippen LogP contribution in [0.5, 0.6) is 0 Å². The summed E-state index contributed by atoms with van der Waals surface area (Å²) in [5.74, 6) is -0.352. The topological polar surface area (TPSA) is 97.5 Å². The number of aromatic nitrogens is 1. The Morgan fingerprint density at radius 1 is 1.69 bits per heavy atom. The van der Waals surface area contributed by atoms with E-state index in [1.807, 2.05) is 0 Å². The predicted octanol–water partition coefficient (Wildman–Crippen LogP) is -0.599. The van der Waals surface area contributed by atoms with Crippen molar-refractivity contribution in [2.45, 2.75) is 6.10 Å². The van der Waals surface area contributed by atoms with Gasteiger partial charge in [-0.15, -0.1) is 0 Å². The number of amides is 1. The highest BCUT2D eigenvalue weighted by Gasteiger charge is 2.09. The standard InChI is InChI=1S/C10H15N3O3/c1-16-6-8(14)5-13-10(15)9-3-2-7(11)4-12-9/h2-4,8,14H,5-6,11H2,1H3,(H,13,15). The average molecular weight is 225 g/mol. The van der Waals surface area contributed by atoms with E-state index in [-0.39, 0.29) is 24.8 Å². The number of anilines is 1. The number of pyridine rings is 1. The van der Waals surface area contributed by atoms with Crippen LogP contribution in [0.15, 0.2) is 18.3 Å². The Morgan fingerprint density at radius 2 is 2.44 bits per heavy atom. The molecule has 0 spiro atoms. The van der Waals surface area contributed by atoms with Crippen LogP contribution in [0.1, 0.15) is 10.5 Å². The van der Waals surface area contributed by atoms with Gasteiger partial charge in [-0.3, -0.25) is 4.79 Å². The maximum atomic E-state index is 11.5. The Kier molecular flexibility index (Phi) is 4.68. The summed E-state index contributed by atoms with van der Waals surface area (Å²) >= 11 is 0. The zero-order chi connectivity index (χ0) is 12.0. The van der Waals surface area contributed by atoms with Gasteiger partial charge in [-0.25, -0.2) is 4.98 Å². The number of aliphatic hydroxyl groups excluding tert-OH is 1. The molecule has 6 nitrogen and oxygen atoms in total. The lowest BCUT2D eigenvalue weighted by atomic mass is 10.3. The quantitative estimate of drug-likeness (QED) is 0.621. The highest BCUT2D eigenvalue weighted by atomic mass is 16.5. The van der Waals surface area contributed by atoms with E-state index in [2.05, 4.69) is 10.3 Å². The first-order valence-electron chi connectivity index (χ1n) is 4.80. The van der Waals surface area contributed by atoms with Gasteiger partial charge >= 0.3 is 0 Å². The molecule has 0 bridgehead atoms. The Hall–Kier alpha value is -1.66. The zero-order valence-corrected chi connectivity index (χ0v) is 9.01. The first-order valence-corrected chi connectivity index (χ1v) is 4.80. The van der Waals surface area contributed by atoms with Gasteiger partial charge in [0.25, 0.3) is 5.91 Å². The van der Waals surface area contributed by atoms with Gasteiger partial charge < -0.3 is 20.9 Å². The van der Waals surface area contributed by atoms with E-state index in [1.54, 1.807) is 6.07 Å². The molecule has 0 saturated heterocycles. The summed E-state index contributed by atoms with van der Waals surface area (Å²) in [4.78, 5) is 15.4. The van der Waals surface area contributed by atoms with E-state index in [0.717, 1.165) is 0 Å². The molecule has 0 fully saturated rings. The molecule has 1 heterocycles. The highest BCUT2D eigenvalue weighted by Crippen LogP contribution is 2.00. The fourth-order valence-electron chi connectivity index (χ4n) is 1.09. The van der Waals surface area contributed by atoms with Crippen LogP contribution in [0.3, 0.4) is 0 Å². The van der Waals surface area contributed by atoms with Crippen LogP contribution >= 0.6 is 0 Å². The third-order valence-corrected chi connectivity index (χ3v) is 1.88. The van der Waals surface area contributed by atoms with Crippen LogP contribution in [-0.2, 0) is 4.74 Å². The van der Waals surface area contributed by atoms with E-state index in [1.165, 1.54) is 19.4 Å². The maximum absolute atomic E-state index is 11.5. The van der Waals surface area contributed by atoms with E-state index in [4.69, 9.17) is 10.5 Å². The molecule has 1 unspecified atom stereocenters. The third-order valence-electron chi connectivity index (χ3n) is 1.88. The Bertz CT molecular complexity index is 340. The van der Waals surface area contributed by atoms with Crippen molar-refractivity contribution in [1.29, 1.82) is 0 Å². The number of nitrogens with zero attached hydrogens (tertiary/aromatic N) is 1. The number of hydrogen-bond acceptors (Lipinski definition) is 5. The number of rotatable bonds is 5. The minimum absolute atomic E-state index is 0.124. The molecule has 0 aliphatic rings. The summed E-state index contributed by atoms with van der Waals surface area (Å²) in [5.41, 5.74) is 6.20. The molecule has 0 radical (unpaired) electrons. The molecule has 1 rings (SSSR count). The van der Waals surface area contributed by atoms with E-state index >= 15 is 0 Å². The number of aliphatic hydroxyl groups is 1. The molecule has 1 amide bonds. The minimum atomic E-state index is -0.720. The molecule has 0 saturated carbocycles. The van der Waals surface area contributed by atoms with Crippen LogP contribution in [-0.4, -0.2) is 42.4 Å². The number of methoxy groups -OCH3 is 1. The van der Waals surface area contributed by atoms with Crippen LogP contribution in [0, 0.1) is 0 Å². The molecular weight excluding hydrogens is 210 g/mol. The largest absolute Gasteiger partial charge is 0.397 e. The second-order valence-corrected chi connectivity index (χ2v) is 3.30. The number of carbonyl (C=O) groups is 1. The monoisotopic (exact) mass is 225 g/mol. The first-order chi connectivity index (χ1) is 7.63. The summed E-state index contributed by atoms with van der Waals surface area (Å²) < 4.78 is 4.72. The van der Waals surface area contributed by atoms with Gasteiger partial charge in [0.05, 0.1) is 24.6 Å². The number of nitrogen functional groups attached to an aromatic ring is 1. The van der Waals surface area contributed by atoms with Crippen LogP contribution in [0.4, 0.5) is 5.69 Å². The van der Waals surface area contributed by atoms with Crippen molar-refractivity contribution in [1.82, 2.24) is 10.3 Å². The summed E-state index contributed by atoms with van der Waals surface area (Å²) in [6.07, 6.45) is 0.684. The van der Waals surface area contributed by atoms with E-state index in [9.17, 15) is 9.90 Å². The zero-order valence-electron chi connectivity index (χ0n) is 9.01. The second-order valence-electron chi connectivity index (χ2n) is 3.30. The lowest BCUT2D eigenvalue weighted by Gasteiger charge is -2.10. The lowest BCUT2D eigenvalue weighted by molar-refractivity contribution is 0.0608. The smallest absolute Gasteiger partial charge is 0.269 e. The summed E-state index contributed by atoms with van der Waals surface area (Å²) in [6, 6.07) is 3.11. The normalized spacial score (nSPS) is 12.1. The fourth-order valence-corrected chi connectivity index (χ4v) is 1.09. The van der Waals surface area contributed by atoms with Crippen LogP contribution in [0.25, 0.3) is 0 Å². The van der Waals surface area contributed by atoms with E-state index < -0.39 is 6.10 Å². The van der Waals surface area contributed by atoms with Gasteiger partial charge in [0.15, 0.2) is 0 Å². The van der Waals surface area contributed by atoms with Gasteiger partial charge in [-0.1, -0.05) is 0 Å². The third kappa shape index (κ3) is 3.84. The fraction of sp³-hybridized carbons (Fsp3) is 0.400. The molecule has 88 valence electrons. The van der Waals surface area contributed by atoms with Crippen molar-refractivity contribution >= 4 is 11.6 Å². The summed E-state index contributed by atoms with van der Waals surface area (Å²) in [7, 11) is 1.48. The molecule has 0 aromatic carbocycles. The molecule has 1 aromatic rings. The second kappa shape index (κ2) is 6.04. The van der Waals surface area contributed by atoms with Crippen molar-refractivity contribution in [3.05, 3.63) is 24.0 Å². The highest BCUT2D eigenvalue weighted by molar-refractivity contribution is 5.92. The van der Waals surface area contributed by atoms with Gasteiger partial charge in [0.2, 0.25) is 0 Å². The number of ether oxygens (including phenoxy) is 1. The molecule has 0 aliphatic heterocycles. The average Bonchev–Trinajstić information content (AvgIpc) is 2.27. The molecule has 4 N–H and O–H groups in total.